The lowest BCUT2D eigenvalue weighted by molar-refractivity contribution is 0.0993. The van der Waals surface area contributed by atoms with E-state index in [0.717, 1.165) is 25.4 Å². The molecule has 2 heterocycles. The Morgan fingerprint density at radius 3 is 2.41 bits per heavy atom. The predicted octanol–water partition coefficient (Wildman–Crippen LogP) is 3.23. The monoisotopic (exact) mass is 252 g/mol. The second-order valence-electron chi connectivity index (χ2n) is 6.67. The molecule has 0 aliphatic carbocycles. The van der Waals surface area contributed by atoms with Gasteiger partial charge in [0.2, 0.25) is 0 Å². The summed E-state index contributed by atoms with van der Waals surface area (Å²) in [5.74, 6) is 0.728. The summed E-state index contributed by atoms with van der Waals surface area (Å²) >= 11 is 1.83. The summed E-state index contributed by atoms with van der Waals surface area (Å²) in [5.41, 5.74) is 1.87. The Bertz CT molecular complexity index is 383. The Balaban J connectivity index is 2.11. The van der Waals surface area contributed by atoms with Gasteiger partial charge in [-0.05, 0) is 5.92 Å². The van der Waals surface area contributed by atoms with E-state index >= 15 is 0 Å². The molecule has 1 saturated heterocycles. The number of thiazole rings is 1. The maximum atomic E-state index is 4.82. The van der Waals surface area contributed by atoms with Crippen molar-refractivity contribution < 1.29 is 0 Å². The number of hydrogen-bond donors (Lipinski definition) is 1. The smallest absolute Gasteiger partial charge is 0.0935 e. The van der Waals surface area contributed by atoms with Crippen LogP contribution < -0.4 is 5.32 Å². The number of nitrogens with one attached hydrogen (secondary N) is 1. The standard InChI is InChI=1S/C14H24N2S/c1-10(2)14(8-15-9-14)6-12-16-11(7-17-12)13(3,4)5/h7,10,15H,6,8-9H2,1-5H3. The molecule has 0 saturated carbocycles. The van der Waals surface area contributed by atoms with Crippen LogP contribution in [0, 0.1) is 11.3 Å². The van der Waals surface area contributed by atoms with Crippen LogP contribution in [0.1, 0.15) is 45.3 Å². The van der Waals surface area contributed by atoms with Gasteiger partial charge >= 0.3 is 0 Å². The van der Waals surface area contributed by atoms with Gasteiger partial charge in [0.1, 0.15) is 0 Å². The first-order valence-corrected chi connectivity index (χ1v) is 7.37. The fourth-order valence-corrected chi connectivity index (χ4v) is 3.40. The quantitative estimate of drug-likeness (QED) is 0.893. The molecule has 3 heteroatoms. The van der Waals surface area contributed by atoms with Crippen molar-refractivity contribution in [3.63, 3.8) is 0 Å². The van der Waals surface area contributed by atoms with Gasteiger partial charge in [0.05, 0.1) is 10.7 Å². The van der Waals surface area contributed by atoms with Crippen LogP contribution in [0.2, 0.25) is 0 Å². The van der Waals surface area contributed by atoms with E-state index in [-0.39, 0.29) is 5.41 Å². The normalized spacial score (nSPS) is 19.4. The van der Waals surface area contributed by atoms with Gasteiger partial charge < -0.3 is 5.32 Å². The Labute approximate surface area is 109 Å². The molecule has 0 amide bonds. The fourth-order valence-electron chi connectivity index (χ4n) is 2.22. The highest BCUT2D eigenvalue weighted by molar-refractivity contribution is 7.09. The van der Waals surface area contributed by atoms with Crippen LogP contribution in [0.25, 0.3) is 0 Å². The lowest BCUT2D eigenvalue weighted by Gasteiger charge is -2.45. The van der Waals surface area contributed by atoms with Crippen molar-refractivity contribution in [3.8, 4) is 0 Å². The third-order valence-corrected chi connectivity index (χ3v) is 4.85. The molecular weight excluding hydrogens is 228 g/mol. The summed E-state index contributed by atoms with van der Waals surface area (Å²) in [7, 11) is 0. The average molecular weight is 252 g/mol. The largest absolute Gasteiger partial charge is 0.315 e. The van der Waals surface area contributed by atoms with Crippen LogP contribution in [0.3, 0.4) is 0 Å². The minimum atomic E-state index is 0.178. The first-order valence-electron chi connectivity index (χ1n) is 6.49. The summed E-state index contributed by atoms with van der Waals surface area (Å²) < 4.78 is 0. The van der Waals surface area contributed by atoms with Gasteiger partial charge in [-0.1, -0.05) is 34.6 Å². The van der Waals surface area contributed by atoms with Crippen molar-refractivity contribution in [3.05, 3.63) is 16.1 Å². The molecule has 1 aromatic rings. The molecule has 0 radical (unpaired) electrons. The lowest BCUT2D eigenvalue weighted by atomic mass is 9.70. The molecule has 17 heavy (non-hydrogen) atoms. The molecule has 1 aliphatic rings. The van der Waals surface area contributed by atoms with Gasteiger partial charge in [-0.25, -0.2) is 4.98 Å². The van der Waals surface area contributed by atoms with Crippen LogP contribution in [0.4, 0.5) is 0 Å². The molecule has 1 fully saturated rings. The molecule has 96 valence electrons. The molecule has 2 nitrogen and oxygen atoms in total. The first kappa shape index (κ1) is 13.0. The van der Waals surface area contributed by atoms with Crippen molar-refractivity contribution in [2.75, 3.05) is 13.1 Å². The van der Waals surface area contributed by atoms with E-state index in [2.05, 4.69) is 45.3 Å². The zero-order chi connectivity index (χ0) is 12.7. The van der Waals surface area contributed by atoms with E-state index in [0.29, 0.717) is 5.41 Å². The SMILES string of the molecule is CC(C)C1(Cc2nc(C(C)(C)C)cs2)CNC1. The van der Waals surface area contributed by atoms with Gasteiger partial charge in [0, 0.05) is 35.7 Å². The first-order chi connectivity index (χ1) is 7.83. The fraction of sp³-hybridized carbons (Fsp3) is 0.786. The highest BCUT2D eigenvalue weighted by Crippen LogP contribution is 2.37. The van der Waals surface area contributed by atoms with Crippen molar-refractivity contribution >= 4 is 11.3 Å². The topological polar surface area (TPSA) is 24.9 Å². The molecule has 1 N–H and O–H groups in total. The zero-order valence-corrected chi connectivity index (χ0v) is 12.4. The molecule has 0 aromatic carbocycles. The van der Waals surface area contributed by atoms with Crippen LogP contribution >= 0.6 is 11.3 Å². The molecule has 0 bridgehead atoms. The number of nitrogens with zero attached hydrogens (tertiary/aromatic N) is 1. The van der Waals surface area contributed by atoms with Crippen LogP contribution in [-0.2, 0) is 11.8 Å². The van der Waals surface area contributed by atoms with Gasteiger partial charge in [0.25, 0.3) is 0 Å². The van der Waals surface area contributed by atoms with Gasteiger partial charge in [-0.2, -0.15) is 0 Å². The average Bonchev–Trinajstić information content (AvgIpc) is 2.57. The summed E-state index contributed by atoms with van der Waals surface area (Å²) in [4.78, 5) is 4.82. The third-order valence-electron chi connectivity index (χ3n) is 4.00. The summed E-state index contributed by atoms with van der Waals surface area (Å²) in [6, 6.07) is 0. The number of hydrogen-bond acceptors (Lipinski definition) is 3. The van der Waals surface area contributed by atoms with Crippen LogP contribution in [0.15, 0.2) is 5.38 Å². The number of aromatic nitrogens is 1. The van der Waals surface area contributed by atoms with E-state index in [9.17, 15) is 0 Å². The predicted molar refractivity (Wildman–Crippen MR) is 74.7 cm³/mol. The van der Waals surface area contributed by atoms with Gasteiger partial charge in [-0.15, -0.1) is 11.3 Å². The molecule has 0 spiro atoms. The molecule has 2 rings (SSSR count). The second kappa shape index (κ2) is 4.36. The number of rotatable bonds is 3. The van der Waals surface area contributed by atoms with Crippen molar-refractivity contribution in [1.29, 1.82) is 0 Å². The molecule has 1 aromatic heterocycles. The molecular formula is C14H24N2S. The molecule has 1 aliphatic heterocycles. The summed E-state index contributed by atoms with van der Waals surface area (Å²) in [6.07, 6.45) is 1.14. The summed E-state index contributed by atoms with van der Waals surface area (Å²) in [5, 5.41) is 6.96. The second-order valence-corrected chi connectivity index (χ2v) is 7.62. The minimum absolute atomic E-state index is 0.178. The third kappa shape index (κ3) is 2.55. The van der Waals surface area contributed by atoms with Gasteiger partial charge in [0.15, 0.2) is 0 Å². The van der Waals surface area contributed by atoms with E-state index < -0.39 is 0 Å². The lowest BCUT2D eigenvalue weighted by Crippen LogP contribution is -2.57. The highest BCUT2D eigenvalue weighted by Gasteiger charge is 2.40. The van der Waals surface area contributed by atoms with E-state index in [1.54, 1.807) is 0 Å². The minimum Gasteiger partial charge on any atom is -0.315 e. The van der Waals surface area contributed by atoms with Gasteiger partial charge in [-0.3, -0.25) is 0 Å². The maximum Gasteiger partial charge on any atom is 0.0935 e. The van der Waals surface area contributed by atoms with Crippen molar-refractivity contribution in [2.24, 2.45) is 11.3 Å². The van der Waals surface area contributed by atoms with Crippen molar-refractivity contribution in [1.82, 2.24) is 10.3 Å². The van der Waals surface area contributed by atoms with E-state index in [4.69, 9.17) is 4.98 Å². The van der Waals surface area contributed by atoms with Crippen molar-refractivity contribution in [2.45, 2.75) is 46.5 Å². The Morgan fingerprint density at radius 1 is 1.41 bits per heavy atom. The molecule has 0 unspecified atom stereocenters. The Morgan fingerprint density at radius 2 is 2.06 bits per heavy atom. The summed E-state index contributed by atoms with van der Waals surface area (Å²) in [6.45, 7) is 13.7. The van der Waals surface area contributed by atoms with E-state index in [1.165, 1.54) is 10.7 Å². The molecule has 0 atom stereocenters. The van der Waals surface area contributed by atoms with Crippen LogP contribution in [0.5, 0.6) is 0 Å². The van der Waals surface area contributed by atoms with Crippen LogP contribution in [-0.4, -0.2) is 18.1 Å². The highest BCUT2D eigenvalue weighted by atomic mass is 32.1. The zero-order valence-electron chi connectivity index (χ0n) is 11.6. The van der Waals surface area contributed by atoms with E-state index in [1.807, 2.05) is 11.3 Å². The maximum absolute atomic E-state index is 4.82. The Kier molecular flexibility index (Phi) is 3.34. The Hall–Kier alpha value is -0.410.